The first-order valence-electron chi connectivity index (χ1n) is 8.33. The molecule has 0 spiro atoms. The number of benzene rings is 1. The summed E-state index contributed by atoms with van der Waals surface area (Å²) >= 11 is 7.19. The molecule has 3 aromatic rings. The average molecular weight is 410 g/mol. The minimum Gasteiger partial charge on any atom is -0.350 e. The zero-order chi connectivity index (χ0) is 19.6. The molecule has 0 bridgehead atoms. The first-order chi connectivity index (χ1) is 12.9. The maximum atomic E-state index is 13.1. The Labute approximate surface area is 162 Å². The van der Waals surface area contributed by atoms with Gasteiger partial charge in [0.05, 0.1) is 5.52 Å². The van der Waals surface area contributed by atoms with E-state index in [0.717, 1.165) is 4.57 Å². The van der Waals surface area contributed by atoms with Crippen molar-refractivity contribution in [1.82, 2.24) is 14.5 Å². The summed E-state index contributed by atoms with van der Waals surface area (Å²) in [5.74, 6) is -0.869. The summed E-state index contributed by atoms with van der Waals surface area (Å²) in [6, 6.07) is 5.57. The van der Waals surface area contributed by atoms with Gasteiger partial charge in [0.1, 0.15) is 17.1 Å². The van der Waals surface area contributed by atoms with Crippen LogP contribution in [0.1, 0.15) is 18.9 Å². The number of rotatable bonds is 6. The van der Waals surface area contributed by atoms with Crippen LogP contribution >= 0.6 is 22.9 Å². The molecular weight excluding hydrogens is 393 g/mol. The Morgan fingerprint density at radius 3 is 2.74 bits per heavy atom. The molecule has 1 amide bonds. The highest BCUT2D eigenvalue weighted by molar-refractivity contribution is 7.17. The van der Waals surface area contributed by atoms with E-state index in [9.17, 15) is 18.8 Å². The van der Waals surface area contributed by atoms with Crippen molar-refractivity contribution in [2.75, 3.05) is 0 Å². The Bertz CT molecular complexity index is 1120. The molecule has 0 fully saturated rings. The standard InChI is InChI=1S/C18H17ClFN3O3S/c1-2-6-22-17(25)16-14(5-7-27-16)23(18(22)26)10-15(24)21-9-11-3-4-12(20)8-13(11)19/h3-5,7-8H,2,6,9-10H2,1H3,(H,21,24). The van der Waals surface area contributed by atoms with Gasteiger partial charge in [0.15, 0.2) is 0 Å². The topological polar surface area (TPSA) is 73.1 Å². The first-order valence-corrected chi connectivity index (χ1v) is 9.59. The number of hydrogen-bond donors (Lipinski definition) is 1. The first kappa shape index (κ1) is 19.3. The van der Waals surface area contributed by atoms with Crippen LogP contribution in [-0.2, 0) is 24.4 Å². The summed E-state index contributed by atoms with van der Waals surface area (Å²) in [7, 11) is 0. The van der Waals surface area contributed by atoms with Gasteiger partial charge < -0.3 is 5.32 Å². The highest BCUT2D eigenvalue weighted by Gasteiger charge is 2.16. The van der Waals surface area contributed by atoms with Gasteiger partial charge in [-0.05, 0) is 35.6 Å². The molecule has 0 aliphatic rings. The van der Waals surface area contributed by atoms with Gasteiger partial charge in [0.2, 0.25) is 5.91 Å². The molecule has 142 valence electrons. The molecule has 0 saturated heterocycles. The number of carbonyl (C=O) groups is 1. The highest BCUT2D eigenvalue weighted by Crippen LogP contribution is 2.17. The van der Waals surface area contributed by atoms with Crippen LogP contribution in [0.15, 0.2) is 39.2 Å². The third-order valence-corrected chi connectivity index (χ3v) is 5.32. The molecule has 0 unspecified atom stereocenters. The van der Waals surface area contributed by atoms with E-state index >= 15 is 0 Å². The van der Waals surface area contributed by atoms with Gasteiger partial charge in [-0.15, -0.1) is 11.3 Å². The number of hydrogen-bond acceptors (Lipinski definition) is 4. The van der Waals surface area contributed by atoms with Crippen molar-refractivity contribution < 1.29 is 9.18 Å². The fourth-order valence-corrected chi connectivity index (χ4v) is 3.84. The summed E-state index contributed by atoms with van der Waals surface area (Å²) in [4.78, 5) is 37.5. The minimum atomic E-state index is -0.511. The van der Waals surface area contributed by atoms with Gasteiger partial charge in [-0.2, -0.15) is 0 Å². The average Bonchev–Trinajstić information content (AvgIpc) is 3.11. The van der Waals surface area contributed by atoms with Crippen molar-refractivity contribution in [3.8, 4) is 0 Å². The minimum absolute atomic E-state index is 0.105. The summed E-state index contributed by atoms with van der Waals surface area (Å²) < 4.78 is 16.0. The maximum Gasteiger partial charge on any atom is 0.332 e. The largest absolute Gasteiger partial charge is 0.350 e. The van der Waals surface area contributed by atoms with Gasteiger partial charge in [0.25, 0.3) is 5.56 Å². The van der Waals surface area contributed by atoms with Crippen LogP contribution in [0.25, 0.3) is 10.2 Å². The van der Waals surface area contributed by atoms with Crippen molar-refractivity contribution in [2.45, 2.75) is 33.0 Å². The molecule has 0 atom stereocenters. The molecule has 6 nitrogen and oxygen atoms in total. The van der Waals surface area contributed by atoms with E-state index < -0.39 is 17.4 Å². The monoisotopic (exact) mass is 409 g/mol. The second-order valence-electron chi connectivity index (χ2n) is 5.97. The normalized spacial score (nSPS) is 11.1. The molecule has 0 radical (unpaired) electrons. The Hall–Kier alpha value is -2.45. The number of nitrogens with zero attached hydrogens (tertiary/aromatic N) is 2. The van der Waals surface area contributed by atoms with Crippen molar-refractivity contribution >= 4 is 39.1 Å². The number of aromatic nitrogens is 2. The van der Waals surface area contributed by atoms with Crippen molar-refractivity contribution in [3.63, 3.8) is 0 Å². The Kier molecular flexibility index (Phi) is 5.76. The van der Waals surface area contributed by atoms with Crippen LogP contribution < -0.4 is 16.6 Å². The number of fused-ring (bicyclic) bond motifs is 1. The van der Waals surface area contributed by atoms with Crippen molar-refractivity contribution in [3.05, 3.63) is 66.9 Å². The fraction of sp³-hybridized carbons (Fsp3) is 0.278. The van der Waals surface area contributed by atoms with Crippen molar-refractivity contribution in [2.24, 2.45) is 0 Å². The zero-order valence-electron chi connectivity index (χ0n) is 14.5. The van der Waals surface area contributed by atoms with Crippen LogP contribution in [0.3, 0.4) is 0 Å². The van der Waals surface area contributed by atoms with E-state index in [2.05, 4.69) is 5.32 Å². The predicted octanol–water partition coefficient (Wildman–Crippen LogP) is 2.74. The van der Waals surface area contributed by atoms with Crippen LogP contribution in [0, 0.1) is 5.82 Å². The number of amides is 1. The third-order valence-electron chi connectivity index (χ3n) is 4.08. The van der Waals surface area contributed by atoms with Gasteiger partial charge >= 0.3 is 5.69 Å². The molecule has 9 heteroatoms. The molecule has 0 aliphatic heterocycles. The van der Waals surface area contributed by atoms with Gasteiger partial charge in [0, 0.05) is 18.1 Å². The summed E-state index contributed by atoms with van der Waals surface area (Å²) in [6.07, 6.45) is 0.626. The SMILES string of the molecule is CCCn1c(=O)c2sccc2n(CC(=O)NCc2ccc(F)cc2Cl)c1=O. The quantitative estimate of drug-likeness (QED) is 0.680. The predicted molar refractivity (Wildman–Crippen MR) is 104 cm³/mol. The molecule has 0 saturated carbocycles. The van der Waals surface area contributed by atoms with Crippen LogP contribution in [0.4, 0.5) is 4.39 Å². The van der Waals surface area contributed by atoms with Gasteiger partial charge in [-0.1, -0.05) is 24.6 Å². The zero-order valence-corrected chi connectivity index (χ0v) is 16.1. The molecular formula is C18H17ClFN3O3S. The lowest BCUT2D eigenvalue weighted by Crippen LogP contribution is -2.42. The van der Waals surface area contributed by atoms with Crippen LogP contribution in [0.5, 0.6) is 0 Å². The summed E-state index contributed by atoms with van der Waals surface area (Å²) in [6.45, 7) is 2.04. The maximum absolute atomic E-state index is 13.1. The molecule has 0 aliphatic carbocycles. The number of halogens is 2. The number of nitrogens with one attached hydrogen (secondary N) is 1. The summed E-state index contributed by atoms with van der Waals surface area (Å²) in [5.41, 5.74) is 0.164. The molecule has 2 heterocycles. The highest BCUT2D eigenvalue weighted by atomic mass is 35.5. The van der Waals surface area contributed by atoms with Crippen LogP contribution in [0.2, 0.25) is 5.02 Å². The lowest BCUT2D eigenvalue weighted by molar-refractivity contribution is -0.121. The lowest BCUT2D eigenvalue weighted by Gasteiger charge is -2.12. The Balaban J connectivity index is 1.85. The third kappa shape index (κ3) is 3.96. The Morgan fingerprint density at radius 2 is 2.04 bits per heavy atom. The van der Waals surface area contributed by atoms with E-state index in [1.165, 1.54) is 34.1 Å². The van der Waals surface area contributed by atoms with E-state index in [-0.39, 0.29) is 30.2 Å². The summed E-state index contributed by atoms with van der Waals surface area (Å²) in [5, 5.41) is 4.60. The molecule has 1 aromatic carbocycles. The smallest absolute Gasteiger partial charge is 0.332 e. The molecule has 27 heavy (non-hydrogen) atoms. The molecule has 3 rings (SSSR count). The molecule has 1 N–H and O–H groups in total. The number of carbonyl (C=O) groups excluding carboxylic acids is 1. The van der Waals surface area contributed by atoms with Gasteiger partial charge in [-0.25, -0.2) is 9.18 Å². The fourth-order valence-electron chi connectivity index (χ4n) is 2.77. The van der Waals surface area contributed by atoms with Crippen molar-refractivity contribution in [1.29, 1.82) is 0 Å². The van der Waals surface area contributed by atoms with Gasteiger partial charge in [-0.3, -0.25) is 18.7 Å². The van der Waals surface area contributed by atoms with E-state index in [1.807, 2.05) is 6.92 Å². The lowest BCUT2D eigenvalue weighted by atomic mass is 10.2. The molecule has 2 aromatic heterocycles. The van der Waals surface area contributed by atoms with E-state index in [1.54, 1.807) is 11.4 Å². The van der Waals surface area contributed by atoms with E-state index in [0.29, 0.717) is 22.2 Å². The van der Waals surface area contributed by atoms with Crippen LogP contribution in [-0.4, -0.2) is 15.0 Å². The number of thiophene rings is 1. The van der Waals surface area contributed by atoms with E-state index in [4.69, 9.17) is 11.6 Å². The second-order valence-corrected chi connectivity index (χ2v) is 7.30. The second kappa shape index (κ2) is 8.06. The Morgan fingerprint density at radius 1 is 1.26 bits per heavy atom.